The SMILES string of the molecule is CCCCN(CCC)S(=O)(=O)F. The molecule has 0 aliphatic carbocycles. The maximum atomic E-state index is 12.5. The number of hydrogen-bond donors (Lipinski definition) is 0. The average molecular weight is 197 g/mol. The van der Waals surface area contributed by atoms with E-state index >= 15 is 0 Å². The summed E-state index contributed by atoms with van der Waals surface area (Å²) in [5.41, 5.74) is 0. The number of hydrogen-bond acceptors (Lipinski definition) is 2. The van der Waals surface area contributed by atoms with Gasteiger partial charge in [-0.25, -0.2) is 0 Å². The predicted molar refractivity (Wildman–Crippen MR) is 46.8 cm³/mol. The van der Waals surface area contributed by atoms with Gasteiger partial charge in [0.15, 0.2) is 0 Å². The summed E-state index contributed by atoms with van der Waals surface area (Å²) in [6.45, 7) is 4.33. The monoisotopic (exact) mass is 197 g/mol. The summed E-state index contributed by atoms with van der Waals surface area (Å²) >= 11 is 0. The molecule has 0 heterocycles. The van der Waals surface area contributed by atoms with E-state index in [1.165, 1.54) is 0 Å². The predicted octanol–water partition coefficient (Wildman–Crippen LogP) is 1.71. The summed E-state index contributed by atoms with van der Waals surface area (Å²) in [7, 11) is -4.47. The van der Waals surface area contributed by atoms with Gasteiger partial charge in [0.2, 0.25) is 0 Å². The third kappa shape index (κ3) is 4.66. The lowest BCUT2D eigenvalue weighted by Crippen LogP contribution is -2.29. The topological polar surface area (TPSA) is 37.4 Å². The first kappa shape index (κ1) is 11.8. The van der Waals surface area contributed by atoms with Crippen LogP contribution in [0.5, 0.6) is 0 Å². The van der Waals surface area contributed by atoms with E-state index in [0.717, 1.165) is 10.7 Å². The molecule has 5 heteroatoms. The largest absolute Gasteiger partial charge is 0.374 e. The summed E-state index contributed by atoms with van der Waals surface area (Å²) in [5, 5.41) is 0. The zero-order valence-corrected chi connectivity index (χ0v) is 8.40. The molecular weight excluding hydrogens is 181 g/mol. The van der Waals surface area contributed by atoms with Crippen LogP contribution in [0.3, 0.4) is 0 Å². The molecule has 0 aromatic carbocycles. The zero-order valence-electron chi connectivity index (χ0n) is 7.59. The fraction of sp³-hybridized carbons (Fsp3) is 1.00. The number of halogens is 1. The van der Waals surface area contributed by atoms with Gasteiger partial charge in [-0.1, -0.05) is 24.2 Å². The molecule has 3 nitrogen and oxygen atoms in total. The second-order valence-electron chi connectivity index (χ2n) is 2.69. The Balaban J connectivity index is 4.05. The van der Waals surface area contributed by atoms with E-state index in [1.807, 2.05) is 13.8 Å². The Bertz CT molecular complexity index is 203. The van der Waals surface area contributed by atoms with Crippen LogP contribution in [0.15, 0.2) is 0 Å². The van der Waals surface area contributed by atoms with Crippen molar-refractivity contribution in [1.29, 1.82) is 0 Å². The van der Waals surface area contributed by atoms with E-state index in [-0.39, 0.29) is 6.54 Å². The van der Waals surface area contributed by atoms with Crippen molar-refractivity contribution < 1.29 is 12.3 Å². The van der Waals surface area contributed by atoms with Gasteiger partial charge in [-0.3, -0.25) is 0 Å². The van der Waals surface area contributed by atoms with Crippen molar-refractivity contribution in [2.24, 2.45) is 0 Å². The van der Waals surface area contributed by atoms with Crippen molar-refractivity contribution in [3.05, 3.63) is 0 Å². The Morgan fingerprint density at radius 1 is 1.17 bits per heavy atom. The van der Waals surface area contributed by atoms with Gasteiger partial charge in [-0.05, 0) is 12.8 Å². The number of nitrogens with zero attached hydrogens (tertiary/aromatic N) is 1. The van der Waals surface area contributed by atoms with E-state index in [0.29, 0.717) is 19.4 Å². The van der Waals surface area contributed by atoms with Gasteiger partial charge < -0.3 is 0 Å². The van der Waals surface area contributed by atoms with Crippen LogP contribution >= 0.6 is 0 Å². The van der Waals surface area contributed by atoms with E-state index in [4.69, 9.17) is 0 Å². The first-order chi connectivity index (χ1) is 5.52. The molecule has 0 aromatic rings. The van der Waals surface area contributed by atoms with E-state index in [1.54, 1.807) is 0 Å². The lowest BCUT2D eigenvalue weighted by Gasteiger charge is -2.15. The molecule has 12 heavy (non-hydrogen) atoms. The van der Waals surface area contributed by atoms with Crippen molar-refractivity contribution in [1.82, 2.24) is 4.31 Å². The zero-order chi connectivity index (χ0) is 9.61. The number of unbranched alkanes of at least 4 members (excludes halogenated alkanes) is 1. The van der Waals surface area contributed by atoms with Crippen LogP contribution in [0.2, 0.25) is 0 Å². The fourth-order valence-corrected chi connectivity index (χ4v) is 1.66. The lowest BCUT2D eigenvalue weighted by molar-refractivity contribution is 0.377. The van der Waals surface area contributed by atoms with Gasteiger partial charge in [0, 0.05) is 13.1 Å². The quantitative estimate of drug-likeness (QED) is 0.608. The Morgan fingerprint density at radius 2 is 1.75 bits per heavy atom. The number of rotatable bonds is 6. The average Bonchev–Trinajstić information content (AvgIpc) is 1.95. The highest BCUT2D eigenvalue weighted by molar-refractivity contribution is 7.83. The van der Waals surface area contributed by atoms with Crippen LogP contribution in [0.1, 0.15) is 33.1 Å². The van der Waals surface area contributed by atoms with Crippen LogP contribution in [-0.4, -0.2) is 25.8 Å². The standard InChI is InChI=1S/C7H16FNO2S/c1-3-5-7-9(6-4-2)12(8,10)11/h3-7H2,1-2H3. The fourth-order valence-electron chi connectivity index (χ4n) is 0.914. The van der Waals surface area contributed by atoms with Crippen LogP contribution < -0.4 is 0 Å². The minimum Gasteiger partial charge on any atom is -0.177 e. The van der Waals surface area contributed by atoms with Gasteiger partial charge in [-0.2, -0.15) is 12.7 Å². The van der Waals surface area contributed by atoms with Crippen molar-refractivity contribution >= 4 is 10.4 Å². The van der Waals surface area contributed by atoms with E-state index < -0.39 is 10.4 Å². The first-order valence-electron chi connectivity index (χ1n) is 4.22. The highest BCUT2D eigenvalue weighted by Crippen LogP contribution is 2.05. The van der Waals surface area contributed by atoms with Crippen LogP contribution in [-0.2, 0) is 10.4 Å². The molecule has 0 aliphatic heterocycles. The molecule has 74 valence electrons. The maximum Gasteiger partial charge on any atom is 0.374 e. The third-order valence-electron chi connectivity index (χ3n) is 1.54. The minimum absolute atomic E-state index is 0.277. The lowest BCUT2D eigenvalue weighted by atomic mass is 10.3. The second kappa shape index (κ2) is 5.48. The molecule has 0 unspecified atom stereocenters. The molecule has 0 saturated carbocycles. The molecule has 0 N–H and O–H groups in total. The Labute approximate surface area is 73.9 Å². The molecule has 0 aromatic heterocycles. The second-order valence-corrected chi connectivity index (χ2v) is 4.04. The summed E-state index contributed by atoms with van der Waals surface area (Å²) in [4.78, 5) is 0. The summed E-state index contributed by atoms with van der Waals surface area (Å²) < 4.78 is 34.3. The summed E-state index contributed by atoms with van der Waals surface area (Å²) in [5.74, 6) is 0. The molecule has 0 aliphatic rings. The molecule has 0 bridgehead atoms. The van der Waals surface area contributed by atoms with Crippen LogP contribution in [0, 0.1) is 0 Å². The normalized spacial score (nSPS) is 12.3. The van der Waals surface area contributed by atoms with Crippen LogP contribution in [0.4, 0.5) is 3.89 Å². The summed E-state index contributed by atoms with van der Waals surface area (Å²) in [6.07, 6.45) is 2.23. The van der Waals surface area contributed by atoms with E-state index in [2.05, 4.69) is 0 Å². The summed E-state index contributed by atoms with van der Waals surface area (Å²) in [6, 6.07) is 0. The molecule has 0 radical (unpaired) electrons. The molecule has 0 rings (SSSR count). The highest BCUT2D eigenvalue weighted by atomic mass is 32.3. The van der Waals surface area contributed by atoms with Gasteiger partial charge in [0.1, 0.15) is 0 Å². The van der Waals surface area contributed by atoms with Crippen molar-refractivity contribution in [3.63, 3.8) is 0 Å². The minimum atomic E-state index is -4.47. The van der Waals surface area contributed by atoms with Crippen LogP contribution in [0.25, 0.3) is 0 Å². The molecule has 0 saturated heterocycles. The Morgan fingerprint density at radius 3 is 2.08 bits per heavy atom. The van der Waals surface area contributed by atoms with Gasteiger partial charge >= 0.3 is 10.4 Å². The first-order valence-corrected chi connectivity index (χ1v) is 5.56. The molecular formula is C7H16FNO2S. The van der Waals surface area contributed by atoms with Gasteiger partial charge in [0.05, 0.1) is 0 Å². The third-order valence-corrected chi connectivity index (χ3v) is 2.52. The molecule has 0 atom stereocenters. The maximum absolute atomic E-state index is 12.5. The molecule has 0 amide bonds. The van der Waals surface area contributed by atoms with Crippen molar-refractivity contribution in [2.45, 2.75) is 33.1 Å². The Hall–Kier alpha value is -0.160. The van der Waals surface area contributed by atoms with Crippen molar-refractivity contribution in [2.75, 3.05) is 13.1 Å². The van der Waals surface area contributed by atoms with E-state index in [9.17, 15) is 12.3 Å². The van der Waals surface area contributed by atoms with Crippen molar-refractivity contribution in [3.8, 4) is 0 Å². The van der Waals surface area contributed by atoms with Gasteiger partial charge in [-0.15, -0.1) is 0 Å². The Kier molecular flexibility index (Phi) is 5.41. The van der Waals surface area contributed by atoms with Gasteiger partial charge in [0.25, 0.3) is 0 Å². The molecule has 0 fully saturated rings. The molecule has 0 spiro atoms. The smallest absolute Gasteiger partial charge is 0.177 e. The highest BCUT2D eigenvalue weighted by Gasteiger charge is 2.18.